The van der Waals surface area contributed by atoms with E-state index >= 15 is 0 Å². The fourth-order valence-electron chi connectivity index (χ4n) is 2.05. The summed E-state index contributed by atoms with van der Waals surface area (Å²) in [4.78, 5) is 0. The van der Waals surface area contributed by atoms with Gasteiger partial charge >= 0.3 is 0 Å². The fraction of sp³-hybridized carbons (Fsp3) is 0.600. The van der Waals surface area contributed by atoms with Crippen LogP contribution in [-0.2, 0) is 11.2 Å². The van der Waals surface area contributed by atoms with Crippen molar-refractivity contribution in [2.75, 3.05) is 13.7 Å². The Bertz CT molecular complexity index is 343. The highest BCUT2D eigenvalue weighted by Gasteiger charge is 2.12. The fourth-order valence-corrected chi connectivity index (χ4v) is 2.49. The first-order valence-electron chi connectivity index (χ1n) is 6.67. The molecular formula is C15H24BrNO. The molecule has 1 aromatic carbocycles. The molecule has 2 unspecified atom stereocenters. The first kappa shape index (κ1) is 15.7. The Hall–Kier alpha value is -0.380. The summed E-state index contributed by atoms with van der Waals surface area (Å²) in [5.74, 6) is 0. The maximum atomic E-state index is 5.32. The second-order valence-electron chi connectivity index (χ2n) is 4.67. The van der Waals surface area contributed by atoms with Crippen molar-refractivity contribution < 1.29 is 4.74 Å². The number of nitrogens with one attached hydrogen (secondary N) is 1. The minimum Gasteiger partial charge on any atom is -0.382 e. The van der Waals surface area contributed by atoms with Crippen LogP contribution in [0.3, 0.4) is 0 Å². The maximum absolute atomic E-state index is 5.32. The summed E-state index contributed by atoms with van der Waals surface area (Å²) in [6.45, 7) is 5.30. The summed E-state index contributed by atoms with van der Waals surface area (Å²) < 4.78 is 6.52. The number of likely N-dealkylation sites (N-methyl/N-ethyl adjacent to an activating group) is 1. The maximum Gasteiger partial charge on any atom is 0.0543 e. The molecule has 0 heterocycles. The summed E-state index contributed by atoms with van der Waals surface area (Å²) in [6, 6.07) is 8.97. The molecule has 1 N–H and O–H groups in total. The molecule has 0 saturated heterocycles. The molecule has 0 bridgehead atoms. The molecule has 18 heavy (non-hydrogen) atoms. The first-order chi connectivity index (χ1) is 8.67. The van der Waals surface area contributed by atoms with E-state index in [0.29, 0.717) is 12.1 Å². The molecule has 0 aliphatic heterocycles. The van der Waals surface area contributed by atoms with Crippen LogP contribution in [-0.4, -0.2) is 25.8 Å². The summed E-state index contributed by atoms with van der Waals surface area (Å²) in [5, 5.41) is 3.56. The third kappa shape index (κ3) is 5.51. The lowest BCUT2D eigenvalue weighted by Gasteiger charge is -2.20. The third-order valence-electron chi connectivity index (χ3n) is 3.24. The van der Waals surface area contributed by atoms with Gasteiger partial charge in [-0.2, -0.15) is 0 Å². The summed E-state index contributed by atoms with van der Waals surface area (Å²) in [6.07, 6.45) is 3.64. The van der Waals surface area contributed by atoms with Crippen LogP contribution in [0.1, 0.15) is 32.3 Å². The zero-order valence-electron chi connectivity index (χ0n) is 11.6. The molecule has 0 aliphatic carbocycles. The largest absolute Gasteiger partial charge is 0.382 e. The van der Waals surface area contributed by atoms with E-state index in [1.54, 1.807) is 7.11 Å². The van der Waals surface area contributed by atoms with Crippen molar-refractivity contribution in [2.45, 2.75) is 45.3 Å². The van der Waals surface area contributed by atoms with Crippen molar-refractivity contribution in [2.24, 2.45) is 0 Å². The predicted octanol–water partition coefficient (Wildman–Crippen LogP) is 3.78. The SMILES string of the molecule is CCNC(CCC(C)OC)Cc1ccccc1Br. The van der Waals surface area contributed by atoms with Gasteiger partial charge in [0.15, 0.2) is 0 Å². The summed E-state index contributed by atoms with van der Waals surface area (Å²) >= 11 is 3.62. The Kier molecular flexibility index (Phi) is 7.56. The van der Waals surface area contributed by atoms with E-state index < -0.39 is 0 Å². The number of methoxy groups -OCH3 is 1. The summed E-state index contributed by atoms with van der Waals surface area (Å²) in [5.41, 5.74) is 1.37. The van der Waals surface area contributed by atoms with Crippen LogP contribution in [0.4, 0.5) is 0 Å². The number of hydrogen-bond donors (Lipinski definition) is 1. The van der Waals surface area contributed by atoms with Crippen molar-refractivity contribution >= 4 is 15.9 Å². The van der Waals surface area contributed by atoms with E-state index in [2.05, 4.69) is 59.4 Å². The molecule has 0 saturated carbocycles. The zero-order valence-corrected chi connectivity index (χ0v) is 13.2. The highest BCUT2D eigenvalue weighted by Crippen LogP contribution is 2.19. The monoisotopic (exact) mass is 313 g/mol. The molecule has 102 valence electrons. The van der Waals surface area contributed by atoms with Crippen LogP contribution in [0.15, 0.2) is 28.7 Å². The number of hydrogen-bond acceptors (Lipinski definition) is 2. The Morgan fingerprint density at radius 3 is 2.61 bits per heavy atom. The molecule has 1 aromatic rings. The van der Waals surface area contributed by atoms with Crippen molar-refractivity contribution in [3.05, 3.63) is 34.3 Å². The molecule has 0 aliphatic rings. The van der Waals surface area contributed by atoms with Crippen LogP contribution < -0.4 is 5.32 Å². The van der Waals surface area contributed by atoms with Gasteiger partial charge in [-0.15, -0.1) is 0 Å². The molecule has 0 amide bonds. The van der Waals surface area contributed by atoms with E-state index in [1.807, 2.05) is 0 Å². The highest BCUT2D eigenvalue weighted by atomic mass is 79.9. The van der Waals surface area contributed by atoms with Crippen LogP contribution >= 0.6 is 15.9 Å². The molecule has 1 rings (SSSR count). The third-order valence-corrected chi connectivity index (χ3v) is 4.01. The van der Waals surface area contributed by atoms with Crippen LogP contribution in [0.5, 0.6) is 0 Å². The van der Waals surface area contributed by atoms with Crippen molar-refractivity contribution in [1.29, 1.82) is 0 Å². The van der Waals surface area contributed by atoms with Gasteiger partial charge in [0.2, 0.25) is 0 Å². The van der Waals surface area contributed by atoms with Crippen molar-refractivity contribution in [3.8, 4) is 0 Å². The Morgan fingerprint density at radius 2 is 2.00 bits per heavy atom. The van der Waals surface area contributed by atoms with E-state index in [4.69, 9.17) is 4.74 Å². The molecule has 3 heteroatoms. The van der Waals surface area contributed by atoms with Gasteiger partial charge in [0.1, 0.15) is 0 Å². The number of rotatable bonds is 8. The van der Waals surface area contributed by atoms with Gasteiger partial charge in [-0.05, 0) is 44.4 Å². The minimum absolute atomic E-state index is 0.338. The van der Waals surface area contributed by atoms with Gasteiger partial charge in [-0.1, -0.05) is 41.1 Å². The number of benzene rings is 1. The Balaban J connectivity index is 2.54. The van der Waals surface area contributed by atoms with Crippen molar-refractivity contribution in [3.63, 3.8) is 0 Å². The standard InChI is InChI=1S/C15H24BrNO/c1-4-17-14(10-9-12(2)18-3)11-13-7-5-6-8-15(13)16/h5-8,12,14,17H,4,9-11H2,1-3H3. The van der Waals surface area contributed by atoms with Gasteiger partial charge in [0, 0.05) is 17.6 Å². The minimum atomic E-state index is 0.338. The average molecular weight is 314 g/mol. The van der Waals surface area contributed by atoms with E-state index in [-0.39, 0.29) is 0 Å². The Labute approximate surface area is 119 Å². The highest BCUT2D eigenvalue weighted by molar-refractivity contribution is 9.10. The smallest absolute Gasteiger partial charge is 0.0543 e. The van der Waals surface area contributed by atoms with Gasteiger partial charge in [-0.3, -0.25) is 0 Å². The second kappa shape index (κ2) is 8.68. The Morgan fingerprint density at radius 1 is 1.28 bits per heavy atom. The van der Waals surface area contributed by atoms with E-state index in [1.165, 1.54) is 10.0 Å². The van der Waals surface area contributed by atoms with Crippen LogP contribution in [0.25, 0.3) is 0 Å². The molecule has 2 atom stereocenters. The topological polar surface area (TPSA) is 21.3 Å². The number of ether oxygens (including phenoxy) is 1. The van der Waals surface area contributed by atoms with E-state index in [0.717, 1.165) is 25.8 Å². The lowest BCUT2D eigenvalue weighted by atomic mass is 10.0. The van der Waals surface area contributed by atoms with Gasteiger partial charge in [-0.25, -0.2) is 0 Å². The quantitative estimate of drug-likeness (QED) is 0.788. The van der Waals surface area contributed by atoms with Crippen LogP contribution in [0, 0.1) is 0 Å². The molecule has 2 nitrogen and oxygen atoms in total. The normalized spacial score (nSPS) is 14.4. The van der Waals surface area contributed by atoms with Crippen LogP contribution in [0.2, 0.25) is 0 Å². The second-order valence-corrected chi connectivity index (χ2v) is 5.53. The summed E-state index contributed by atoms with van der Waals surface area (Å²) in [7, 11) is 1.78. The zero-order chi connectivity index (χ0) is 13.4. The molecule has 0 spiro atoms. The average Bonchev–Trinajstić information content (AvgIpc) is 2.38. The lowest BCUT2D eigenvalue weighted by Crippen LogP contribution is -2.32. The van der Waals surface area contributed by atoms with Gasteiger partial charge in [0.25, 0.3) is 0 Å². The first-order valence-corrected chi connectivity index (χ1v) is 7.46. The van der Waals surface area contributed by atoms with Gasteiger partial charge < -0.3 is 10.1 Å². The molecule has 0 aromatic heterocycles. The predicted molar refractivity (Wildman–Crippen MR) is 81.0 cm³/mol. The molecule has 0 fully saturated rings. The molecule has 0 radical (unpaired) electrons. The van der Waals surface area contributed by atoms with Crippen molar-refractivity contribution in [1.82, 2.24) is 5.32 Å². The van der Waals surface area contributed by atoms with Gasteiger partial charge in [0.05, 0.1) is 6.10 Å². The molecular weight excluding hydrogens is 290 g/mol. The number of halogens is 1. The van der Waals surface area contributed by atoms with E-state index in [9.17, 15) is 0 Å². The lowest BCUT2D eigenvalue weighted by molar-refractivity contribution is 0.106.